The van der Waals surface area contributed by atoms with Crippen molar-refractivity contribution in [3.8, 4) is 5.75 Å². The smallest absolute Gasteiger partial charge is 0.137 e. The van der Waals surface area contributed by atoms with Gasteiger partial charge in [0.15, 0.2) is 0 Å². The van der Waals surface area contributed by atoms with Gasteiger partial charge in [-0.15, -0.1) is 0 Å². The van der Waals surface area contributed by atoms with Gasteiger partial charge < -0.3 is 26.7 Å². The van der Waals surface area contributed by atoms with Gasteiger partial charge in [-0.05, 0) is 34.9 Å². The number of ether oxygens (including phenoxy) is 1. The minimum atomic E-state index is -0.509. The van der Waals surface area contributed by atoms with Gasteiger partial charge in [-0.25, -0.2) is 0 Å². The van der Waals surface area contributed by atoms with E-state index in [-0.39, 0.29) is 23.2 Å². The summed E-state index contributed by atoms with van der Waals surface area (Å²) >= 11 is 0. The molecular formula is C26H40ClNO2. The standard InChI is InChI=1S/C26H40NO2.ClH/c1-25(2,3)20-26(4,5)22-13-15-24(16-14-22)29-19-23(28)18-27(6,7)17-21-11-9-8-10-12-21;/h8-16,23,28H,17-20H2,1-7H3;1H/q+1;/p-1. The van der Waals surface area contributed by atoms with Crippen molar-refractivity contribution >= 4 is 0 Å². The third-order valence-corrected chi connectivity index (χ3v) is 5.21. The molecule has 0 bridgehead atoms. The van der Waals surface area contributed by atoms with Crippen LogP contribution in [-0.2, 0) is 12.0 Å². The molecule has 3 nitrogen and oxygen atoms in total. The number of quaternary nitrogens is 1. The number of benzene rings is 2. The Kier molecular flexibility index (Phi) is 9.41. The summed E-state index contributed by atoms with van der Waals surface area (Å²) in [5.74, 6) is 0.813. The second-order valence-electron chi connectivity index (χ2n) is 10.9. The molecule has 2 rings (SSSR count). The Morgan fingerprint density at radius 3 is 2.00 bits per heavy atom. The number of rotatable bonds is 9. The van der Waals surface area contributed by atoms with E-state index in [2.05, 4.69) is 85.1 Å². The van der Waals surface area contributed by atoms with Crippen LogP contribution in [0.25, 0.3) is 0 Å². The van der Waals surface area contributed by atoms with Gasteiger partial charge in [-0.1, -0.05) is 77.1 Å². The van der Waals surface area contributed by atoms with Crippen molar-refractivity contribution < 1.29 is 26.7 Å². The summed E-state index contributed by atoms with van der Waals surface area (Å²) in [7, 11) is 4.28. The molecule has 0 amide bonds. The lowest BCUT2D eigenvalue weighted by Gasteiger charge is -2.33. The second kappa shape index (κ2) is 10.7. The number of likely N-dealkylation sites (N-methyl/N-ethyl adjacent to an activating group) is 1. The molecule has 1 unspecified atom stereocenters. The highest BCUT2D eigenvalue weighted by Gasteiger charge is 2.27. The molecular weight excluding hydrogens is 394 g/mol. The number of hydrogen-bond donors (Lipinski definition) is 1. The first-order valence-electron chi connectivity index (χ1n) is 10.6. The average molecular weight is 434 g/mol. The quantitative estimate of drug-likeness (QED) is 0.615. The monoisotopic (exact) mass is 433 g/mol. The molecule has 0 aliphatic carbocycles. The molecule has 4 heteroatoms. The summed E-state index contributed by atoms with van der Waals surface area (Å²) in [4.78, 5) is 0. The highest BCUT2D eigenvalue weighted by Crippen LogP contribution is 2.36. The summed E-state index contributed by atoms with van der Waals surface area (Å²) in [5.41, 5.74) is 3.00. The summed E-state index contributed by atoms with van der Waals surface area (Å²) in [6, 6.07) is 18.8. The van der Waals surface area contributed by atoms with E-state index in [0.29, 0.717) is 17.6 Å². The molecule has 0 spiro atoms. The van der Waals surface area contributed by atoms with Gasteiger partial charge in [0.1, 0.15) is 31.5 Å². The summed E-state index contributed by atoms with van der Waals surface area (Å²) in [6.07, 6.45) is 0.610. The van der Waals surface area contributed by atoms with Crippen molar-refractivity contribution in [1.82, 2.24) is 0 Å². The van der Waals surface area contributed by atoms with Gasteiger partial charge in [-0.2, -0.15) is 0 Å². The minimum Gasteiger partial charge on any atom is -1.00 e. The number of halogens is 1. The Bertz CT molecular complexity index is 749. The number of aliphatic hydroxyl groups is 1. The molecule has 1 N–H and O–H groups in total. The molecule has 0 saturated carbocycles. The Hall–Kier alpha value is -1.55. The molecule has 0 aromatic heterocycles. The topological polar surface area (TPSA) is 29.5 Å². The van der Waals surface area contributed by atoms with E-state index in [1.165, 1.54) is 11.1 Å². The zero-order chi connectivity index (χ0) is 21.7. The van der Waals surface area contributed by atoms with Crippen LogP contribution in [0, 0.1) is 5.41 Å². The normalized spacial score (nSPS) is 13.5. The number of aliphatic hydroxyl groups excluding tert-OH is 1. The molecule has 2 aromatic rings. The van der Waals surface area contributed by atoms with Gasteiger partial charge in [0.25, 0.3) is 0 Å². The predicted molar refractivity (Wildman–Crippen MR) is 122 cm³/mol. The molecule has 0 aliphatic rings. The van der Waals surface area contributed by atoms with Crippen molar-refractivity contribution in [3.05, 3.63) is 65.7 Å². The van der Waals surface area contributed by atoms with Gasteiger partial charge >= 0.3 is 0 Å². The number of nitrogens with zero attached hydrogens (tertiary/aromatic N) is 1. The van der Waals surface area contributed by atoms with Crippen LogP contribution in [-0.4, -0.2) is 42.9 Å². The van der Waals surface area contributed by atoms with Gasteiger partial charge in [0.05, 0.1) is 14.1 Å². The lowest BCUT2D eigenvalue weighted by molar-refractivity contribution is -0.906. The van der Waals surface area contributed by atoms with E-state index in [9.17, 15) is 5.11 Å². The fraction of sp³-hybridized carbons (Fsp3) is 0.538. The first kappa shape index (κ1) is 26.5. The zero-order valence-corrected chi connectivity index (χ0v) is 20.5. The van der Waals surface area contributed by atoms with E-state index in [0.717, 1.165) is 18.7 Å². The largest absolute Gasteiger partial charge is 1.00 e. The van der Waals surface area contributed by atoms with Crippen LogP contribution in [0.3, 0.4) is 0 Å². The van der Waals surface area contributed by atoms with Gasteiger partial charge in [0.2, 0.25) is 0 Å². The van der Waals surface area contributed by atoms with E-state index < -0.39 is 6.10 Å². The lowest BCUT2D eigenvalue weighted by Crippen LogP contribution is -3.00. The molecule has 2 aromatic carbocycles. The van der Waals surface area contributed by atoms with Crippen LogP contribution < -0.4 is 17.1 Å². The maximum atomic E-state index is 10.5. The molecule has 0 radical (unpaired) electrons. The van der Waals surface area contributed by atoms with Crippen molar-refractivity contribution in [2.75, 3.05) is 27.2 Å². The van der Waals surface area contributed by atoms with E-state index in [1.54, 1.807) is 0 Å². The Labute approximate surface area is 190 Å². The third-order valence-electron chi connectivity index (χ3n) is 5.21. The van der Waals surface area contributed by atoms with Crippen molar-refractivity contribution in [2.24, 2.45) is 5.41 Å². The fourth-order valence-electron chi connectivity index (χ4n) is 4.39. The minimum absolute atomic E-state index is 0. The van der Waals surface area contributed by atoms with Gasteiger partial charge in [0, 0.05) is 5.56 Å². The number of hydrogen-bond acceptors (Lipinski definition) is 2. The van der Waals surface area contributed by atoms with Crippen LogP contribution in [0.2, 0.25) is 0 Å². The van der Waals surface area contributed by atoms with Crippen molar-refractivity contribution in [1.29, 1.82) is 0 Å². The first-order chi connectivity index (χ1) is 13.4. The van der Waals surface area contributed by atoms with Crippen LogP contribution >= 0.6 is 0 Å². The molecule has 0 saturated heterocycles. The molecule has 1 atom stereocenters. The zero-order valence-electron chi connectivity index (χ0n) is 19.8. The van der Waals surface area contributed by atoms with Gasteiger partial charge in [-0.3, -0.25) is 0 Å². The average Bonchev–Trinajstić information content (AvgIpc) is 2.58. The van der Waals surface area contributed by atoms with E-state index in [4.69, 9.17) is 4.74 Å². The predicted octanol–water partition coefficient (Wildman–Crippen LogP) is 2.42. The van der Waals surface area contributed by atoms with Crippen molar-refractivity contribution in [3.63, 3.8) is 0 Å². The maximum Gasteiger partial charge on any atom is 0.137 e. The summed E-state index contributed by atoms with van der Waals surface area (Å²) < 4.78 is 6.59. The van der Waals surface area contributed by atoms with Crippen LogP contribution in [0.5, 0.6) is 5.75 Å². The lowest BCUT2D eigenvalue weighted by atomic mass is 9.72. The molecule has 0 aliphatic heterocycles. The Morgan fingerprint density at radius 1 is 0.900 bits per heavy atom. The summed E-state index contributed by atoms with van der Waals surface area (Å²) in [6.45, 7) is 13.3. The first-order valence-corrected chi connectivity index (χ1v) is 10.6. The Balaban J connectivity index is 0.00000450. The summed E-state index contributed by atoms with van der Waals surface area (Å²) in [5, 5.41) is 10.5. The van der Waals surface area contributed by atoms with Crippen LogP contribution in [0.1, 0.15) is 52.2 Å². The highest BCUT2D eigenvalue weighted by atomic mass is 35.5. The molecule has 30 heavy (non-hydrogen) atoms. The maximum absolute atomic E-state index is 10.5. The fourth-order valence-corrected chi connectivity index (χ4v) is 4.39. The van der Waals surface area contributed by atoms with E-state index in [1.807, 2.05) is 18.2 Å². The van der Waals surface area contributed by atoms with E-state index >= 15 is 0 Å². The Morgan fingerprint density at radius 2 is 1.47 bits per heavy atom. The third kappa shape index (κ3) is 9.07. The SMILES string of the molecule is CC(C)(C)CC(C)(C)c1ccc(OCC(O)C[N+](C)(C)Cc2ccccc2)cc1.[Cl-]. The molecule has 168 valence electrons. The van der Waals surface area contributed by atoms with Crippen LogP contribution in [0.4, 0.5) is 0 Å². The highest BCUT2D eigenvalue weighted by molar-refractivity contribution is 5.31. The second-order valence-corrected chi connectivity index (χ2v) is 10.9. The van der Waals surface area contributed by atoms with Crippen molar-refractivity contribution in [2.45, 2.75) is 59.1 Å². The van der Waals surface area contributed by atoms with Crippen LogP contribution in [0.15, 0.2) is 54.6 Å². The molecule has 0 heterocycles. The molecule has 0 fully saturated rings.